The highest BCUT2D eigenvalue weighted by Gasteiger charge is 2.14. The molecule has 0 spiro atoms. The number of furan rings is 1. The fraction of sp³-hybridized carbons (Fsp3) is 0.267. The number of nitrogens with one attached hydrogen (secondary N) is 1. The van der Waals surface area contributed by atoms with Gasteiger partial charge in [-0.25, -0.2) is 4.98 Å². The normalized spacial score (nSPS) is 11.2. The number of aryl methyl sites for hydroxylation is 1. The summed E-state index contributed by atoms with van der Waals surface area (Å²) in [6.07, 6.45) is 2.53. The van der Waals surface area contributed by atoms with Crippen LogP contribution >= 0.6 is 22.9 Å². The summed E-state index contributed by atoms with van der Waals surface area (Å²) in [7, 11) is 0. The zero-order chi connectivity index (χ0) is 14.8. The SMILES string of the molecule is Cc1c(CCN)sc2c(NCc3ccco3)cc(Cl)nc12. The number of nitrogens with zero attached hydrogens (tertiary/aromatic N) is 1. The molecule has 3 N–H and O–H groups in total. The molecule has 6 heteroatoms. The third-order valence-electron chi connectivity index (χ3n) is 3.35. The van der Waals surface area contributed by atoms with E-state index in [1.807, 2.05) is 18.2 Å². The van der Waals surface area contributed by atoms with Crippen molar-refractivity contribution in [2.24, 2.45) is 5.73 Å². The van der Waals surface area contributed by atoms with Crippen molar-refractivity contribution < 1.29 is 4.42 Å². The number of hydrogen-bond donors (Lipinski definition) is 2. The van der Waals surface area contributed by atoms with Crippen LogP contribution < -0.4 is 11.1 Å². The Hall–Kier alpha value is -1.56. The highest BCUT2D eigenvalue weighted by Crippen LogP contribution is 2.36. The Bertz CT molecular complexity index is 752. The molecule has 0 amide bonds. The first-order chi connectivity index (χ1) is 10.2. The molecule has 4 nitrogen and oxygen atoms in total. The lowest BCUT2D eigenvalue weighted by molar-refractivity contribution is 0.518. The quantitative estimate of drug-likeness (QED) is 0.698. The van der Waals surface area contributed by atoms with E-state index >= 15 is 0 Å². The van der Waals surface area contributed by atoms with Crippen molar-refractivity contribution in [3.8, 4) is 0 Å². The van der Waals surface area contributed by atoms with Gasteiger partial charge in [-0.2, -0.15) is 0 Å². The van der Waals surface area contributed by atoms with Gasteiger partial charge in [-0.3, -0.25) is 0 Å². The van der Waals surface area contributed by atoms with Crippen LogP contribution in [0.2, 0.25) is 5.15 Å². The van der Waals surface area contributed by atoms with Crippen molar-refractivity contribution in [3.05, 3.63) is 45.8 Å². The first-order valence-corrected chi connectivity index (χ1v) is 7.93. The average molecular weight is 322 g/mol. The van der Waals surface area contributed by atoms with Crippen molar-refractivity contribution in [2.75, 3.05) is 11.9 Å². The first-order valence-electron chi connectivity index (χ1n) is 6.74. The number of nitrogens with two attached hydrogens (primary N) is 1. The minimum atomic E-state index is 0.490. The smallest absolute Gasteiger partial charge is 0.131 e. The number of rotatable bonds is 5. The number of fused-ring (bicyclic) bond motifs is 1. The second-order valence-electron chi connectivity index (χ2n) is 4.79. The zero-order valence-corrected chi connectivity index (χ0v) is 13.2. The van der Waals surface area contributed by atoms with E-state index in [2.05, 4.69) is 17.2 Å². The molecule has 3 aromatic heterocycles. The summed E-state index contributed by atoms with van der Waals surface area (Å²) < 4.78 is 6.46. The molecule has 0 aromatic carbocycles. The number of halogens is 1. The van der Waals surface area contributed by atoms with Gasteiger partial charge < -0.3 is 15.5 Å². The largest absolute Gasteiger partial charge is 0.467 e. The predicted octanol–water partition coefficient (Wildman–Crippen LogP) is 3.96. The number of anilines is 1. The van der Waals surface area contributed by atoms with Gasteiger partial charge >= 0.3 is 0 Å². The summed E-state index contributed by atoms with van der Waals surface area (Å²) in [5, 5.41) is 3.86. The highest BCUT2D eigenvalue weighted by molar-refractivity contribution is 7.19. The Morgan fingerprint density at radius 2 is 2.33 bits per heavy atom. The Morgan fingerprint density at radius 3 is 3.05 bits per heavy atom. The van der Waals surface area contributed by atoms with E-state index in [4.69, 9.17) is 21.8 Å². The second-order valence-corrected chi connectivity index (χ2v) is 6.28. The van der Waals surface area contributed by atoms with Crippen LogP contribution in [-0.4, -0.2) is 11.5 Å². The molecular weight excluding hydrogens is 306 g/mol. The van der Waals surface area contributed by atoms with Crippen LogP contribution in [0.3, 0.4) is 0 Å². The van der Waals surface area contributed by atoms with Crippen LogP contribution in [0.25, 0.3) is 10.2 Å². The summed E-state index contributed by atoms with van der Waals surface area (Å²) >= 11 is 7.87. The molecule has 0 fully saturated rings. The van der Waals surface area contributed by atoms with Crippen LogP contribution in [0.15, 0.2) is 28.9 Å². The van der Waals surface area contributed by atoms with Gasteiger partial charge in [-0.1, -0.05) is 11.6 Å². The Morgan fingerprint density at radius 1 is 1.48 bits per heavy atom. The maximum absolute atomic E-state index is 6.15. The van der Waals surface area contributed by atoms with Gasteiger partial charge in [0.25, 0.3) is 0 Å². The summed E-state index contributed by atoms with van der Waals surface area (Å²) in [6, 6.07) is 5.67. The maximum Gasteiger partial charge on any atom is 0.131 e. The van der Waals surface area contributed by atoms with Crippen LogP contribution in [0, 0.1) is 6.92 Å². The van der Waals surface area contributed by atoms with Crippen molar-refractivity contribution in [3.63, 3.8) is 0 Å². The lowest BCUT2D eigenvalue weighted by atomic mass is 10.2. The van der Waals surface area contributed by atoms with E-state index in [0.717, 1.165) is 28.1 Å². The van der Waals surface area contributed by atoms with Gasteiger partial charge in [0.15, 0.2) is 0 Å². The van der Waals surface area contributed by atoms with Crippen LogP contribution in [-0.2, 0) is 13.0 Å². The average Bonchev–Trinajstić information content (AvgIpc) is 3.07. The van der Waals surface area contributed by atoms with E-state index in [9.17, 15) is 0 Å². The zero-order valence-electron chi connectivity index (χ0n) is 11.6. The molecule has 3 aromatic rings. The number of aromatic nitrogens is 1. The predicted molar refractivity (Wildman–Crippen MR) is 88.2 cm³/mol. The van der Waals surface area contributed by atoms with Crippen molar-refractivity contribution >= 4 is 38.8 Å². The van der Waals surface area contributed by atoms with E-state index in [-0.39, 0.29) is 0 Å². The third-order valence-corrected chi connectivity index (χ3v) is 4.91. The highest BCUT2D eigenvalue weighted by atomic mass is 35.5. The molecule has 0 atom stereocenters. The third kappa shape index (κ3) is 2.90. The Labute approximate surface area is 131 Å². The van der Waals surface area contributed by atoms with Gasteiger partial charge in [0.1, 0.15) is 10.9 Å². The molecule has 0 aliphatic rings. The van der Waals surface area contributed by atoms with Gasteiger partial charge in [-0.05, 0) is 37.6 Å². The van der Waals surface area contributed by atoms with Gasteiger partial charge in [-0.15, -0.1) is 11.3 Å². The second kappa shape index (κ2) is 6.05. The van der Waals surface area contributed by atoms with E-state index < -0.39 is 0 Å². The molecule has 21 heavy (non-hydrogen) atoms. The topological polar surface area (TPSA) is 64.1 Å². The minimum Gasteiger partial charge on any atom is -0.467 e. The fourth-order valence-corrected chi connectivity index (χ4v) is 3.73. The molecule has 3 rings (SSSR count). The molecule has 0 unspecified atom stereocenters. The van der Waals surface area contributed by atoms with E-state index in [0.29, 0.717) is 18.2 Å². The molecule has 0 radical (unpaired) electrons. The number of thiophene rings is 1. The Balaban J connectivity index is 1.98. The summed E-state index contributed by atoms with van der Waals surface area (Å²) in [5.41, 5.74) is 8.79. The van der Waals surface area contributed by atoms with Crippen molar-refractivity contribution in [1.29, 1.82) is 0 Å². The standard InChI is InChI=1S/C15H16ClN3OS/c1-9-12(4-5-17)21-15-11(7-13(16)19-14(9)15)18-8-10-3-2-6-20-10/h2-3,6-7H,4-5,8,17H2,1H3,(H,18,19). The van der Waals surface area contributed by atoms with E-state index in [1.165, 1.54) is 10.4 Å². The first kappa shape index (κ1) is 14.4. The van der Waals surface area contributed by atoms with Gasteiger partial charge in [0.2, 0.25) is 0 Å². The maximum atomic E-state index is 6.15. The molecule has 0 saturated heterocycles. The summed E-state index contributed by atoms with van der Waals surface area (Å²) in [6.45, 7) is 3.33. The Kier molecular flexibility index (Phi) is 4.14. The van der Waals surface area contributed by atoms with Crippen molar-refractivity contribution in [1.82, 2.24) is 4.98 Å². The summed E-state index contributed by atoms with van der Waals surface area (Å²) in [5.74, 6) is 0.881. The number of hydrogen-bond acceptors (Lipinski definition) is 5. The van der Waals surface area contributed by atoms with Crippen molar-refractivity contribution in [2.45, 2.75) is 19.9 Å². The van der Waals surface area contributed by atoms with Crippen LogP contribution in [0.1, 0.15) is 16.2 Å². The van der Waals surface area contributed by atoms with Crippen LogP contribution in [0.5, 0.6) is 0 Å². The summed E-state index contributed by atoms with van der Waals surface area (Å²) in [4.78, 5) is 5.72. The monoisotopic (exact) mass is 321 g/mol. The molecule has 110 valence electrons. The minimum absolute atomic E-state index is 0.490. The molecule has 0 saturated carbocycles. The van der Waals surface area contributed by atoms with Crippen LogP contribution in [0.4, 0.5) is 5.69 Å². The molecule has 0 aliphatic heterocycles. The molecule has 0 bridgehead atoms. The molecular formula is C15H16ClN3OS. The fourth-order valence-electron chi connectivity index (χ4n) is 2.29. The van der Waals surface area contributed by atoms with E-state index in [1.54, 1.807) is 17.6 Å². The molecule has 0 aliphatic carbocycles. The van der Waals surface area contributed by atoms with Gasteiger partial charge in [0.05, 0.1) is 28.7 Å². The number of pyridine rings is 1. The molecule has 3 heterocycles. The lowest BCUT2D eigenvalue weighted by Gasteiger charge is -2.06. The lowest BCUT2D eigenvalue weighted by Crippen LogP contribution is -2.01. The van der Waals surface area contributed by atoms with Gasteiger partial charge in [0, 0.05) is 10.9 Å².